The van der Waals surface area contributed by atoms with Crippen LogP contribution in [0.5, 0.6) is 0 Å². The van der Waals surface area contributed by atoms with E-state index in [9.17, 15) is 0 Å². The molecule has 2 aliphatic rings. The summed E-state index contributed by atoms with van der Waals surface area (Å²) in [6, 6.07) is 0. The first kappa shape index (κ1) is 10.8. The maximum atomic E-state index is 5.96. The summed E-state index contributed by atoms with van der Waals surface area (Å²) in [7, 11) is 0. The minimum atomic E-state index is 0.242. The SMILES string of the molecule is CC1SCCCC1(CN)NCC1CC1. The van der Waals surface area contributed by atoms with Crippen LogP contribution < -0.4 is 11.1 Å². The lowest BCUT2D eigenvalue weighted by atomic mass is 9.89. The first-order chi connectivity index (χ1) is 6.77. The molecule has 0 aromatic rings. The first-order valence-electron chi connectivity index (χ1n) is 5.83. The van der Waals surface area contributed by atoms with Gasteiger partial charge in [0.05, 0.1) is 0 Å². The van der Waals surface area contributed by atoms with Gasteiger partial charge in [-0.3, -0.25) is 0 Å². The van der Waals surface area contributed by atoms with Crippen LogP contribution in [0.2, 0.25) is 0 Å². The summed E-state index contributed by atoms with van der Waals surface area (Å²) >= 11 is 2.08. The minimum Gasteiger partial charge on any atom is -0.329 e. The van der Waals surface area contributed by atoms with Crippen LogP contribution in [0.3, 0.4) is 0 Å². The summed E-state index contributed by atoms with van der Waals surface area (Å²) in [5.74, 6) is 2.27. The number of hydrogen-bond donors (Lipinski definition) is 2. The van der Waals surface area contributed by atoms with Crippen LogP contribution in [-0.4, -0.2) is 29.6 Å². The average molecular weight is 214 g/mol. The Morgan fingerprint density at radius 3 is 2.86 bits per heavy atom. The molecule has 3 N–H and O–H groups in total. The third kappa shape index (κ3) is 2.26. The second-order valence-corrected chi connectivity index (χ2v) is 6.25. The molecule has 0 aromatic carbocycles. The largest absolute Gasteiger partial charge is 0.329 e. The number of hydrogen-bond acceptors (Lipinski definition) is 3. The molecule has 1 saturated carbocycles. The van der Waals surface area contributed by atoms with Crippen molar-refractivity contribution in [3.05, 3.63) is 0 Å². The molecule has 2 rings (SSSR count). The van der Waals surface area contributed by atoms with E-state index in [-0.39, 0.29) is 5.54 Å². The Balaban J connectivity index is 1.90. The molecule has 0 spiro atoms. The molecule has 2 fully saturated rings. The summed E-state index contributed by atoms with van der Waals surface area (Å²) in [6.07, 6.45) is 5.44. The summed E-state index contributed by atoms with van der Waals surface area (Å²) in [6.45, 7) is 4.33. The number of nitrogens with one attached hydrogen (secondary N) is 1. The standard InChI is InChI=1S/C11H22N2S/c1-9-11(8-12,5-2-6-14-9)13-7-10-3-4-10/h9-10,13H,2-8,12H2,1H3. The normalized spacial score (nSPS) is 38.6. The van der Waals surface area contributed by atoms with Gasteiger partial charge in [-0.1, -0.05) is 6.92 Å². The van der Waals surface area contributed by atoms with Crippen LogP contribution in [0, 0.1) is 5.92 Å². The van der Waals surface area contributed by atoms with Gasteiger partial charge in [-0.25, -0.2) is 0 Å². The molecule has 0 bridgehead atoms. The fraction of sp³-hybridized carbons (Fsp3) is 1.00. The van der Waals surface area contributed by atoms with Crippen LogP contribution in [0.1, 0.15) is 32.6 Å². The molecule has 1 aliphatic carbocycles. The Kier molecular flexibility index (Phi) is 3.40. The van der Waals surface area contributed by atoms with Crippen molar-refractivity contribution in [3.8, 4) is 0 Å². The fourth-order valence-electron chi connectivity index (χ4n) is 2.25. The van der Waals surface area contributed by atoms with Gasteiger partial charge in [-0.05, 0) is 43.9 Å². The predicted molar refractivity (Wildman–Crippen MR) is 63.7 cm³/mol. The summed E-state index contributed by atoms with van der Waals surface area (Å²) < 4.78 is 0. The first-order valence-corrected chi connectivity index (χ1v) is 6.88. The maximum absolute atomic E-state index is 5.96. The lowest BCUT2D eigenvalue weighted by Gasteiger charge is -2.42. The van der Waals surface area contributed by atoms with Gasteiger partial charge >= 0.3 is 0 Å². The van der Waals surface area contributed by atoms with E-state index in [0.29, 0.717) is 5.25 Å². The quantitative estimate of drug-likeness (QED) is 0.746. The lowest BCUT2D eigenvalue weighted by Crippen LogP contribution is -2.59. The summed E-state index contributed by atoms with van der Waals surface area (Å²) in [4.78, 5) is 0. The Labute approximate surface area is 91.4 Å². The second kappa shape index (κ2) is 4.42. The van der Waals surface area contributed by atoms with Gasteiger partial charge in [-0.2, -0.15) is 11.8 Å². The maximum Gasteiger partial charge on any atom is 0.0421 e. The van der Waals surface area contributed by atoms with E-state index < -0.39 is 0 Å². The molecule has 2 atom stereocenters. The Hall–Kier alpha value is 0.270. The monoisotopic (exact) mass is 214 g/mol. The third-order valence-electron chi connectivity index (χ3n) is 3.72. The van der Waals surface area contributed by atoms with Crippen LogP contribution >= 0.6 is 11.8 Å². The van der Waals surface area contributed by atoms with Crippen LogP contribution in [0.15, 0.2) is 0 Å². The van der Waals surface area contributed by atoms with Gasteiger partial charge in [0.2, 0.25) is 0 Å². The Bertz CT molecular complexity index is 194. The van der Waals surface area contributed by atoms with Gasteiger partial charge in [0.25, 0.3) is 0 Å². The average Bonchev–Trinajstić information content (AvgIpc) is 3.01. The third-order valence-corrected chi connectivity index (χ3v) is 5.19. The van der Waals surface area contributed by atoms with E-state index >= 15 is 0 Å². The molecule has 0 radical (unpaired) electrons. The predicted octanol–water partition coefficient (Wildman–Crippen LogP) is 1.60. The van der Waals surface area contributed by atoms with E-state index in [0.717, 1.165) is 12.5 Å². The van der Waals surface area contributed by atoms with Crippen molar-refractivity contribution in [2.75, 3.05) is 18.8 Å². The molecule has 82 valence electrons. The van der Waals surface area contributed by atoms with Gasteiger partial charge in [0, 0.05) is 17.3 Å². The molecule has 1 saturated heterocycles. The van der Waals surface area contributed by atoms with E-state index in [4.69, 9.17) is 5.73 Å². The van der Waals surface area contributed by atoms with Crippen LogP contribution in [-0.2, 0) is 0 Å². The van der Waals surface area contributed by atoms with Crippen molar-refractivity contribution < 1.29 is 0 Å². The van der Waals surface area contributed by atoms with Crippen LogP contribution in [0.25, 0.3) is 0 Å². The molecule has 0 amide bonds. The van der Waals surface area contributed by atoms with E-state index in [1.807, 2.05) is 0 Å². The highest BCUT2D eigenvalue weighted by Crippen LogP contribution is 2.35. The van der Waals surface area contributed by atoms with Crippen molar-refractivity contribution in [1.82, 2.24) is 5.32 Å². The summed E-state index contributed by atoms with van der Waals surface area (Å²) in [5.41, 5.74) is 6.20. The van der Waals surface area contributed by atoms with Crippen LogP contribution in [0.4, 0.5) is 0 Å². The molecule has 0 aromatic heterocycles. The van der Waals surface area contributed by atoms with E-state index in [1.165, 1.54) is 38.0 Å². The minimum absolute atomic E-state index is 0.242. The van der Waals surface area contributed by atoms with Gasteiger partial charge in [-0.15, -0.1) is 0 Å². The van der Waals surface area contributed by atoms with Crippen molar-refractivity contribution in [2.24, 2.45) is 11.7 Å². The van der Waals surface area contributed by atoms with Gasteiger partial charge < -0.3 is 11.1 Å². The Morgan fingerprint density at radius 2 is 2.29 bits per heavy atom. The highest BCUT2D eigenvalue weighted by atomic mass is 32.2. The topological polar surface area (TPSA) is 38.0 Å². The molecular weight excluding hydrogens is 192 g/mol. The lowest BCUT2D eigenvalue weighted by molar-refractivity contribution is 0.294. The number of thioether (sulfide) groups is 1. The second-order valence-electron chi connectivity index (χ2n) is 4.80. The molecule has 1 heterocycles. The van der Waals surface area contributed by atoms with E-state index in [1.54, 1.807) is 0 Å². The highest BCUT2D eigenvalue weighted by molar-refractivity contribution is 8.00. The van der Waals surface area contributed by atoms with Crippen molar-refractivity contribution in [3.63, 3.8) is 0 Å². The molecule has 14 heavy (non-hydrogen) atoms. The molecule has 3 heteroatoms. The van der Waals surface area contributed by atoms with Crippen molar-refractivity contribution in [1.29, 1.82) is 0 Å². The Morgan fingerprint density at radius 1 is 1.50 bits per heavy atom. The number of nitrogens with two attached hydrogens (primary N) is 1. The zero-order valence-corrected chi connectivity index (χ0v) is 9.91. The van der Waals surface area contributed by atoms with E-state index in [2.05, 4.69) is 24.0 Å². The zero-order valence-electron chi connectivity index (χ0n) is 9.09. The fourth-order valence-corrected chi connectivity index (χ4v) is 3.53. The number of rotatable bonds is 4. The summed E-state index contributed by atoms with van der Waals surface area (Å²) in [5, 5.41) is 4.43. The highest BCUT2D eigenvalue weighted by Gasteiger charge is 2.38. The molecule has 2 nitrogen and oxygen atoms in total. The van der Waals surface area contributed by atoms with Crippen molar-refractivity contribution in [2.45, 2.75) is 43.4 Å². The van der Waals surface area contributed by atoms with Crippen molar-refractivity contribution >= 4 is 11.8 Å². The zero-order chi connectivity index (χ0) is 10.0. The van der Waals surface area contributed by atoms with Gasteiger partial charge in [0.15, 0.2) is 0 Å². The smallest absolute Gasteiger partial charge is 0.0421 e. The molecular formula is C11H22N2S. The van der Waals surface area contributed by atoms with Gasteiger partial charge in [0.1, 0.15) is 0 Å². The molecule has 2 unspecified atom stereocenters. The molecule has 1 aliphatic heterocycles.